The summed E-state index contributed by atoms with van der Waals surface area (Å²) in [7, 11) is -3.96. The van der Waals surface area contributed by atoms with Crippen molar-refractivity contribution in [2.24, 2.45) is 0 Å². The topological polar surface area (TPSA) is 72.8 Å². The van der Waals surface area contributed by atoms with Gasteiger partial charge in [-0.05, 0) is 37.5 Å². The molecule has 1 aromatic rings. The zero-order chi connectivity index (χ0) is 14.3. The molecule has 1 aliphatic rings. The van der Waals surface area contributed by atoms with Gasteiger partial charge in [-0.3, -0.25) is 4.55 Å². The number of hydrogen-bond donors (Lipinski definition) is 1. The van der Waals surface area contributed by atoms with Crippen molar-refractivity contribution >= 4 is 10.1 Å². The van der Waals surface area contributed by atoms with Gasteiger partial charge in [-0.25, -0.2) is 0 Å². The molecule has 0 bridgehead atoms. The molecule has 6 heteroatoms. The molecule has 1 aliphatic heterocycles. The third-order valence-electron chi connectivity index (χ3n) is 3.07. The van der Waals surface area contributed by atoms with Crippen LogP contribution in [0.3, 0.4) is 0 Å². The van der Waals surface area contributed by atoms with Crippen molar-refractivity contribution in [1.29, 1.82) is 0 Å². The summed E-state index contributed by atoms with van der Waals surface area (Å²) >= 11 is 0. The lowest BCUT2D eigenvalue weighted by Gasteiger charge is -2.16. The van der Waals surface area contributed by atoms with Crippen molar-refractivity contribution in [3.8, 4) is 11.5 Å². The van der Waals surface area contributed by atoms with Crippen molar-refractivity contribution < 1.29 is 22.4 Å². The minimum Gasteiger partial charge on any atom is -0.449 e. The summed E-state index contributed by atoms with van der Waals surface area (Å²) in [5.41, 5.74) is 0.954. The Morgan fingerprint density at radius 1 is 1.26 bits per heavy atom. The van der Waals surface area contributed by atoms with E-state index in [1.54, 1.807) is 0 Å². The van der Waals surface area contributed by atoms with Crippen LogP contribution in [-0.2, 0) is 16.5 Å². The summed E-state index contributed by atoms with van der Waals surface area (Å²) in [4.78, 5) is 0. The fourth-order valence-electron chi connectivity index (χ4n) is 1.94. The Bertz CT molecular complexity index is 577. The van der Waals surface area contributed by atoms with E-state index in [2.05, 4.69) is 0 Å². The van der Waals surface area contributed by atoms with Gasteiger partial charge < -0.3 is 9.47 Å². The van der Waals surface area contributed by atoms with Gasteiger partial charge in [-0.15, -0.1) is 0 Å². The molecule has 0 aromatic heterocycles. The zero-order valence-electron chi connectivity index (χ0n) is 11.2. The van der Waals surface area contributed by atoms with E-state index in [1.807, 2.05) is 32.0 Å². The maximum absolute atomic E-state index is 10.9. The average molecular weight is 286 g/mol. The van der Waals surface area contributed by atoms with E-state index in [0.717, 1.165) is 5.56 Å². The van der Waals surface area contributed by atoms with Crippen molar-refractivity contribution in [3.05, 3.63) is 23.8 Å². The van der Waals surface area contributed by atoms with Gasteiger partial charge in [0.25, 0.3) is 10.1 Å². The molecule has 1 aromatic carbocycles. The van der Waals surface area contributed by atoms with Crippen LogP contribution in [0.1, 0.15) is 32.8 Å². The number of rotatable bonds is 4. The lowest BCUT2D eigenvalue weighted by molar-refractivity contribution is -0.0431. The second-order valence-electron chi connectivity index (χ2n) is 5.25. The molecule has 0 saturated carbocycles. The van der Waals surface area contributed by atoms with Crippen LogP contribution in [0.25, 0.3) is 0 Å². The van der Waals surface area contributed by atoms with Crippen LogP contribution in [0, 0.1) is 0 Å². The molecule has 0 saturated heterocycles. The molecule has 106 valence electrons. The molecule has 2 rings (SSSR count). The van der Waals surface area contributed by atoms with Crippen LogP contribution < -0.4 is 9.47 Å². The van der Waals surface area contributed by atoms with Crippen LogP contribution >= 0.6 is 0 Å². The Labute approximate surface area is 113 Å². The Balaban J connectivity index is 2.05. The fraction of sp³-hybridized carbons (Fsp3) is 0.538. The lowest BCUT2D eigenvalue weighted by Crippen LogP contribution is -2.29. The Morgan fingerprint density at radius 2 is 1.89 bits per heavy atom. The Kier molecular flexibility index (Phi) is 3.49. The van der Waals surface area contributed by atoms with Gasteiger partial charge in [-0.1, -0.05) is 6.07 Å². The van der Waals surface area contributed by atoms with E-state index in [4.69, 9.17) is 14.0 Å². The van der Waals surface area contributed by atoms with Crippen molar-refractivity contribution in [1.82, 2.24) is 0 Å². The minimum absolute atomic E-state index is 0.363. The molecule has 1 N–H and O–H groups in total. The van der Waals surface area contributed by atoms with Gasteiger partial charge in [0.2, 0.25) is 5.79 Å². The highest BCUT2D eigenvalue weighted by Crippen LogP contribution is 2.39. The molecule has 0 aliphatic carbocycles. The van der Waals surface area contributed by atoms with Crippen molar-refractivity contribution in [3.63, 3.8) is 0 Å². The third kappa shape index (κ3) is 3.39. The molecule has 19 heavy (non-hydrogen) atoms. The number of hydrogen-bond acceptors (Lipinski definition) is 4. The van der Waals surface area contributed by atoms with Gasteiger partial charge in [0.15, 0.2) is 11.5 Å². The van der Waals surface area contributed by atoms with Crippen LogP contribution in [-0.4, -0.2) is 24.0 Å². The molecular weight excluding hydrogens is 268 g/mol. The molecule has 0 fully saturated rings. The van der Waals surface area contributed by atoms with E-state index in [-0.39, 0.29) is 0 Å². The Morgan fingerprint density at radius 3 is 2.53 bits per heavy atom. The first kappa shape index (κ1) is 14.1. The first-order chi connectivity index (χ1) is 8.67. The summed E-state index contributed by atoms with van der Waals surface area (Å²) < 4.78 is 42.0. The van der Waals surface area contributed by atoms with E-state index in [1.165, 1.54) is 6.92 Å². The van der Waals surface area contributed by atoms with Crippen LogP contribution in [0.2, 0.25) is 0 Å². The van der Waals surface area contributed by atoms with Gasteiger partial charge in [0, 0.05) is 13.8 Å². The molecule has 0 unspecified atom stereocenters. The predicted molar refractivity (Wildman–Crippen MR) is 71.1 cm³/mol. The van der Waals surface area contributed by atoms with Gasteiger partial charge in [0.05, 0.1) is 5.25 Å². The normalized spacial score (nSPS) is 18.3. The second kappa shape index (κ2) is 4.68. The summed E-state index contributed by atoms with van der Waals surface area (Å²) in [6.45, 7) is 5.14. The molecule has 1 heterocycles. The first-order valence-electron chi connectivity index (χ1n) is 6.15. The van der Waals surface area contributed by atoms with E-state index in [0.29, 0.717) is 24.3 Å². The van der Waals surface area contributed by atoms with Crippen LogP contribution in [0.4, 0.5) is 0 Å². The highest BCUT2D eigenvalue weighted by Gasteiger charge is 2.31. The second-order valence-corrected chi connectivity index (χ2v) is 7.08. The largest absolute Gasteiger partial charge is 0.449 e. The molecule has 1 atom stereocenters. The zero-order valence-corrected chi connectivity index (χ0v) is 12.0. The van der Waals surface area contributed by atoms with Crippen LogP contribution in [0.15, 0.2) is 18.2 Å². The predicted octanol–water partition coefficient (Wildman–Crippen LogP) is 2.40. The molecule has 5 nitrogen and oxygen atoms in total. The summed E-state index contributed by atoms with van der Waals surface area (Å²) in [6.07, 6.45) is 0.917. The number of benzene rings is 1. The molecule has 0 radical (unpaired) electrons. The molecule has 0 spiro atoms. The van der Waals surface area contributed by atoms with E-state index in [9.17, 15) is 8.42 Å². The lowest BCUT2D eigenvalue weighted by atomic mass is 10.1. The van der Waals surface area contributed by atoms with Crippen molar-refractivity contribution in [2.75, 3.05) is 0 Å². The summed E-state index contributed by atoms with van der Waals surface area (Å²) in [6, 6.07) is 5.54. The fourth-order valence-corrected chi connectivity index (χ4v) is 2.36. The number of ether oxygens (including phenoxy) is 2. The number of fused-ring (bicyclic) bond motifs is 1. The monoisotopic (exact) mass is 286 g/mol. The highest BCUT2D eigenvalue weighted by atomic mass is 32.2. The SMILES string of the molecule is C[C@H](CCc1ccc2c(c1)OC(C)(C)O2)S(=O)(=O)O. The molecular formula is C13H18O5S. The standard InChI is InChI=1S/C13H18O5S/c1-9(19(14,15)16)4-5-10-6-7-11-12(8-10)18-13(2,3)17-11/h6-9H,4-5H2,1-3H3,(H,14,15,16)/t9-/m1/s1. The maximum Gasteiger partial charge on any atom is 0.267 e. The summed E-state index contributed by atoms with van der Waals surface area (Å²) in [5.74, 6) is 0.696. The van der Waals surface area contributed by atoms with E-state index < -0.39 is 21.2 Å². The van der Waals surface area contributed by atoms with Gasteiger partial charge in [0.1, 0.15) is 0 Å². The smallest absolute Gasteiger partial charge is 0.267 e. The van der Waals surface area contributed by atoms with Crippen molar-refractivity contribution in [2.45, 2.75) is 44.6 Å². The maximum atomic E-state index is 10.9. The highest BCUT2D eigenvalue weighted by molar-refractivity contribution is 7.86. The first-order valence-corrected chi connectivity index (χ1v) is 7.65. The third-order valence-corrected chi connectivity index (χ3v) is 4.32. The van der Waals surface area contributed by atoms with Gasteiger partial charge >= 0.3 is 0 Å². The average Bonchev–Trinajstić information content (AvgIpc) is 2.57. The molecule has 0 amide bonds. The van der Waals surface area contributed by atoms with E-state index >= 15 is 0 Å². The Hall–Kier alpha value is -1.27. The van der Waals surface area contributed by atoms with Crippen LogP contribution in [0.5, 0.6) is 11.5 Å². The van der Waals surface area contributed by atoms with Gasteiger partial charge in [-0.2, -0.15) is 8.42 Å². The quantitative estimate of drug-likeness (QED) is 0.860. The number of aryl methyl sites for hydroxylation is 1. The minimum atomic E-state index is -3.96. The summed E-state index contributed by atoms with van der Waals surface area (Å²) in [5, 5.41) is -0.769.